The smallest absolute Gasteiger partial charge is 0.306 e. The van der Waals surface area contributed by atoms with E-state index in [9.17, 15) is 19.8 Å². The van der Waals surface area contributed by atoms with Crippen LogP contribution in [0.5, 0.6) is 0 Å². The van der Waals surface area contributed by atoms with Crippen molar-refractivity contribution in [1.29, 1.82) is 0 Å². The maximum absolute atomic E-state index is 13.1. The fraction of sp³-hybridized carbons (Fsp3) is 0.840. The predicted molar refractivity (Wildman–Crippen MR) is 241 cm³/mol. The zero-order chi connectivity index (χ0) is 41.0. The maximum Gasteiger partial charge on any atom is 0.306 e. The van der Waals surface area contributed by atoms with Gasteiger partial charge in [-0.25, -0.2) is 0 Å². The van der Waals surface area contributed by atoms with Crippen molar-refractivity contribution < 1.29 is 24.5 Å². The standard InChI is InChI=1S/C50H93NO5/c1-4-7-10-13-16-19-22-24-25-28-31-34-37-40-43-50(55)56-46(41-38-35-32-29-26-21-18-15-12-9-6-3)44-49(54)51-47(45-52)48(53)42-39-36-33-30-27-23-20-17-14-11-8-5-2/h7,10,16,19,24-25,46-48,52-53H,4-6,8-9,11-15,17-18,20-23,26-45H2,1-3H3,(H,51,54)/b10-7+,19-16+,25-24+. The molecule has 0 aliphatic carbocycles. The molecule has 3 N–H and O–H groups in total. The van der Waals surface area contributed by atoms with Gasteiger partial charge >= 0.3 is 5.97 Å². The molecule has 1 amide bonds. The minimum atomic E-state index is -0.787. The minimum absolute atomic E-state index is 0.0717. The summed E-state index contributed by atoms with van der Waals surface area (Å²) in [5.74, 6) is -0.493. The Morgan fingerprint density at radius 3 is 1.46 bits per heavy atom. The largest absolute Gasteiger partial charge is 0.462 e. The lowest BCUT2D eigenvalue weighted by Gasteiger charge is -2.24. The molecule has 0 aliphatic heterocycles. The van der Waals surface area contributed by atoms with Gasteiger partial charge in [0.2, 0.25) is 5.91 Å². The zero-order valence-corrected chi connectivity index (χ0v) is 37.3. The molecule has 0 spiro atoms. The first kappa shape index (κ1) is 54.1. The van der Waals surface area contributed by atoms with Gasteiger partial charge in [-0.15, -0.1) is 0 Å². The third-order valence-electron chi connectivity index (χ3n) is 11.0. The number of aliphatic hydroxyl groups is 2. The third kappa shape index (κ3) is 38.9. The van der Waals surface area contributed by atoms with Crippen LogP contribution in [0.15, 0.2) is 36.5 Å². The minimum Gasteiger partial charge on any atom is -0.462 e. The van der Waals surface area contributed by atoms with E-state index in [0.29, 0.717) is 19.3 Å². The number of amides is 1. The van der Waals surface area contributed by atoms with Crippen molar-refractivity contribution in [1.82, 2.24) is 5.32 Å². The van der Waals surface area contributed by atoms with E-state index in [0.717, 1.165) is 83.5 Å². The molecule has 0 bridgehead atoms. The second kappa shape index (κ2) is 44.2. The number of hydrogen-bond donors (Lipinski definition) is 3. The molecular formula is C50H93NO5. The van der Waals surface area contributed by atoms with Gasteiger partial charge in [-0.05, 0) is 57.8 Å². The van der Waals surface area contributed by atoms with E-state index in [2.05, 4.69) is 62.5 Å². The van der Waals surface area contributed by atoms with E-state index >= 15 is 0 Å². The van der Waals surface area contributed by atoms with Crippen LogP contribution in [0.1, 0.15) is 245 Å². The van der Waals surface area contributed by atoms with Gasteiger partial charge in [-0.2, -0.15) is 0 Å². The van der Waals surface area contributed by atoms with E-state index in [1.165, 1.54) is 116 Å². The number of unbranched alkanes of at least 4 members (excludes halogenated alkanes) is 25. The molecule has 0 rings (SSSR count). The second-order valence-corrected chi connectivity index (χ2v) is 16.5. The van der Waals surface area contributed by atoms with Crippen molar-refractivity contribution in [3.63, 3.8) is 0 Å². The Labute approximate surface area is 347 Å². The first-order chi connectivity index (χ1) is 27.5. The quantitative estimate of drug-likeness (QED) is 0.0325. The number of rotatable bonds is 43. The number of carbonyl (C=O) groups excluding carboxylic acids is 2. The van der Waals surface area contributed by atoms with Crippen LogP contribution in [0, 0.1) is 0 Å². The van der Waals surface area contributed by atoms with E-state index in [-0.39, 0.29) is 24.9 Å². The SMILES string of the molecule is CC/C=C/C/C=C/C/C=C/CCCCCCC(=O)OC(CCCCCCCCCCCCC)CC(=O)NC(CO)C(O)CCCCCCCCCCCCCC. The fourth-order valence-electron chi connectivity index (χ4n) is 7.33. The van der Waals surface area contributed by atoms with Gasteiger partial charge in [0, 0.05) is 6.42 Å². The van der Waals surface area contributed by atoms with Crippen LogP contribution in [0.4, 0.5) is 0 Å². The molecule has 6 heteroatoms. The van der Waals surface area contributed by atoms with E-state index in [1.807, 2.05) is 0 Å². The lowest BCUT2D eigenvalue weighted by atomic mass is 10.0. The molecule has 0 saturated carbocycles. The number of nitrogens with one attached hydrogen (secondary N) is 1. The Morgan fingerprint density at radius 2 is 0.964 bits per heavy atom. The Hall–Kier alpha value is -1.92. The van der Waals surface area contributed by atoms with Crippen molar-refractivity contribution >= 4 is 11.9 Å². The Bertz CT molecular complexity index is 930. The molecule has 0 fully saturated rings. The molecule has 0 aliphatic rings. The lowest BCUT2D eigenvalue weighted by Crippen LogP contribution is -2.46. The monoisotopic (exact) mass is 788 g/mol. The van der Waals surface area contributed by atoms with Gasteiger partial charge in [0.25, 0.3) is 0 Å². The number of carbonyl (C=O) groups is 2. The van der Waals surface area contributed by atoms with Gasteiger partial charge in [-0.3, -0.25) is 9.59 Å². The summed E-state index contributed by atoms with van der Waals surface area (Å²) in [6.45, 7) is 6.36. The van der Waals surface area contributed by atoms with Gasteiger partial charge in [0.1, 0.15) is 6.10 Å². The molecular weight excluding hydrogens is 695 g/mol. The Kier molecular flexibility index (Phi) is 42.7. The maximum atomic E-state index is 13.1. The van der Waals surface area contributed by atoms with E-state index in [1.54, 1.807) is 0 Å². The molecule has 328 valence electrons. The highest BCUT2D eigenvalue weighted by molar-refractivity contribution is 5.77. The number of esters is 1. The number of aliphatic hydroxyl groups excluding tert-OH is 2. The molecule has 0 aromatic heterocycles. The summed E-state index contributed by atoms with van der Waals surface area (Å²) in [5.41, 5.74) is 0. The highest BCUT2D eigenvalue weighted by Gasteiger charge is 2.24. The molecule has 0 heterocycles. The average Bonchev–Trinajstić information content (AvgIpc) is 3.19. The van der Waals surface area contributed by atoms with Crippen molar-refractivity contribution in [3.8, 4) is 0 Å². The number of allylic oxidation sites excluding steroid dienone is 6. The first-order valence-electron chi connectivity index (χ1n) is 24.2. The number of hydrogen-bond acceptors (Lipinski definition) is 5. The topological polar surface area (TPSA) is 95.9 Å². The molecule has 6 nitrogen and oxygen atoms in total. The zero-order valence-electron chi connectivity index (χ0n) is 37.3. The van der Waals surface area contributed by atoms with Gasteiger partial charge in [0.05, 0.1) is 25.2 Å². The van der Waals surface area contributed by atoms with Crippen molar-refractivity contribution in [3.05, 3.63) is 36.5 Å². The van der Waals surface area contributed by atoms with Gasteiger partial charge < -0.3 is 20.3 Å². The summed E-state index contributed by atoms with van der Waals surface area (Å²) in [6.07, 6.45) is 50.6. The Morgan fingerprint density at radius 1 is 0.536 bits per heavy atom. The van der Waals surface area contributed by atoms with Crippen molar-refractivity contribution in [2.75, 3.05) is 6.61 Å². The molecule has 3 unspecified atom stereocenters. The van der Waals surface area contributed by atoms with Crippen LogP contribution in [0.3, 0.4) is 0 Å². The molecule has 0 saturated heterocycles. The molecule has 0 aromatic rings. The van der Waals surface area contributed by atoms with E-state index in [4.69, 9.17) is 4.74 Å². The lowest BCUT2D eigenvalue weighted by molar-refractivity contribution is -0.151. The summed E-state index contributed by atoms with van der Waals surface area (Å²) in [6, 6.07) is -0.701. The first-order valence-corrected chi connectivity index (χ1v) is 24.2. The molecule has 56 heavy (non-hydrogen) atoms. The van der Waals surface area contributed by atoms with Crippen LogP contribution in [0.25, 0.3) is 0 Å². The highest BCUT2D eigenvalue weighted by atomic mass is 16.5. The highest BCUT2D eigenvalue weighted by Crippen LogP contribution is 2.18. The summed E-state index contributed by atoms with van der Waals surface area (Å²) in [7, 11) is 0. The van der Waals surface area contributed by atoms with Crippen LogP contribution in [0.2, 0.25) is 0 Å². The summed E-state index contributed by atoms with van der Waals surface area (Å²) in [5, 5.41) is 23.7. The normalized spacial score (nSPS) is 13.6. The molecule has 0 radical (unpaired) electrons. The van der Waals surface area contributed by atoms with Gasteiger partial charge in [0.15, 0.2) is 0 Å². The van der Waals surface area contributed by atoms with Crippen molar-refractivity contribution in [2.24, 2.45) is 0 Å². The van der Waals surface area contributed by atoms with E-state index < -0.39 is 18.2 Å². The van der Waals surface area contributed by atoms with Crippen molar-refractivity contribution in [2.45, 2.75) is 264 Å². The average molecular weight is 788 g/mol. The van der Waals surface area contributed by atoms with Gasteiger partial charge in [-0.1, -0.05) is 211 Å². The van der Waals surface area contributed by atoms with Crippen LogP contribution in [-0.4, -0.2) is 46.9 Å². The van der Waals surface area contributed by atoms with Crippen LogP contribution < -0.4 is 5.32 Å². The molecule has 3 atom stereocenters. The van der Waals surface area contributed by atoms with Crippen LogP contribution >= 0.6 is 0 Å². The fourth-order valence-corrected chi connectivity index (χ4v) is 7.33. The predicted octanol–water partition coefficient (Wildman–Crippen LogP) is 14.1. The summed E-state index contributed by atoms with van der Waals surface area (Å²) >= 11 is 0. The van der Waals surface area contributed by atoms with Crippen LogP contribution in [-0.2, 0) is 14.3 Å². The third-order valence-corrected chi connectivity index (χ3v) is 11.0. The summed E-state index contributed by atoms with van der Waals surface area (Å²) < 4.78 is 5.90. The Balaban J connectivity index is 4.58. The number of ether oxygens (including phenoxy) is 1. The second-order valence-electron chi connectivity index (χ2n) is 16.5. The molecule has 0 aromatic carbocycles. The summed E-state index contributed by atoms with van der Waals surface area (Å²) in [4.78, 5) is 26.0.